The van der Waals surface area contributed by atoms with E-state index in [9.17, 15) is 4.79 Å². The number of carbonyl (C=O) groups excluding carboxylic acids is 1. The second kappa shape index (κ2) is 14.1. The minimum atomic E-state index is -0.137. The summed E-state index contributed by atoms with van der Waals surface area (Å²) < 4.78 is 6.29. The van der Waals surface area contributed by atoms with Crippen molar-refractivity contribution >= 4 is 57.5 Å². The molecule has 7 nitrogen and oxygen atoms in total. The molecule has 0 bridgehead atoms. The van der Waals surface area contributed by atoms with Gasteiger partial charge in [0.15, 0.2) is 5.96 Å². The van der Waals surface area contributed by atoms with Crippen molar-refractivity contribution in [2.75, 3.05) is 57.8 Å². The highest BCUT2D eigenvalue weighted by Crippen LogP contribution is 2.20. The highest BCUT2D eigenvalue weighted by molar-refractivity contribution is 14.0. The van der Waals surface area contributed by atoms with E-state index in [2.05, 4.69) is 41.8 Å². The van der Waals surface area contributed by atoms with Gasteiger partial charge in [0.05, 0.1) is 13.2 Å². The van der Waals surface area contributed by atoms with Gasteiger partial charge in [-0.3, -0.25) is 9.69 Å². The molecule has 158 valence electrons. The SMILES string of the molecule is CCNC(=NCC(=O)Nc1cc(Br)ccc1C)NCCCN1CCOCC1.I. The Balaban J connectivity index is 0.00000392. The van der Waals surface area contributed by atoms with Crippen LogP contribution < -0.4 is 16.0 Å². The summed E-state index contributed by atoms with van der Waals surface area (Å²) >= 11 is 3.42. The number of morpholine rings is 1. The highest BCUT2D eigenvalue weighted by atomic mass is 127. The maximum atomic E-state index is 12.2. The number of guanidine groups is 1. The fraction of sp³-hybridized carbons (Fsp3) is 0.579. The van der Waals surface area contributed by atoms with E-state index in [1.807, 2.05) is 32.0 Å². The molecule has 0 unspecified atom stereocenters. The number of amides is 1. The first-order valence-electron chi connectivity index (χ1n) is 9.46. The van der Waals surface area contributed by atoms with Crippen molar-refractivity contribution in [1.29, 1.82) is 0 Å². The number of ether oxygens (including phenoxy) is 1. The van der Waals surface area contributed by atoms with Crippen molar-refractivity contribution in [2.24, 2.45) is 4.99 Å². The van der Waals surface area contributed by atoms with Crippen molar-refractivity contribution in [2.45, 2.75) is 20.3 Å². The summed E-state index contributed by atoms with van der Waals surface area (Å²) in [5.74, 6) is 0.530. The molecule has 9 heteroatoms. The molecule has 1 heterocycles. The molecule has 0 atom stereocenters. The van der Waals surface area contributed by atoms with Crippen LogP contribution in [0.2, 0.25) is 0 Å². The van der Waals surface area contributed by atoms with Crippen LogP contribution in [0, 0.1) is 6.92 Å². The van der Waals surface area contributed by atoms with Gasteiger partial charge >= 0.3 is 0 Å². The molecule has 28 heavy (non-hydrogen) atoms. The van der Waals surface area contributed by atoms with Gasteiger partial charge in [-0.15, -0.1) is 24.0 Å². The molecule has 1 saturated heterocycles. The van der Waals surface area contributed by atoms with Crippen LogP contribution in [0.25, 0.3) is 0 Å². The number of halogens is 2. The molecule has 0 saturated carbocycles. The van der Waals surface area contributed by atoms with Crippen molar-refractivity contribution in [3.05, 3.63) is 28.2 Å². The summed E-state index contributed by atoms with van der Waals surface area (Å²) in [5.41, 5.74) is 1.82. The van der Waals surface area contributed by atoms with E-state index in [0.29, 0.717) is 5.96 Å². The van der Waals surface area contributed by atoms with Gasteiger partial charge in [-0.25, -0.2) is 4.99 Å². The lowest BCUT2D eigenvalue weighted by atomic mass is 10.2. The number of nitrogens with one attached hydrogen (secondary N) is 3. The summed E-state index contributed by atoms with van der Waals surface area (Å²) in [5, 5.41) is 9.38. The second-order valence-corrected chi connectivity index (χ2v) is 7.35. The predicted molar refractivity (Wildman–Crippen MR) is 129 cm³/mol. The fourth-order valence-corrected chi connectivity index (χ4v) is 3.11. The molecule has 0 aliphatic carbocycles. The molecule has 3 N–H and O–H groups in total. The molecule has 0 spiro atoms. The number of aryl methyl sites for hydroxylation is 1. The smallest absolute Gasteiger partial charge is 0.246 e. The number of nitrogens with zero attached hydrogens (tertiary/aromatic N) is 2. The van der Waals surface area contributed by atoms with Crippen LogP contribution in [0.5, 0.6) is 0 Å². The van der Waals surface area contributed by atoms with Crippen LogP contribution in [0.4, 0.5) is 5.69 Å². The molecule has 1 amide bonds. The Kier molecular flexibility index (Phi) is 12.7. The lowest BCUT2D eigenvalue weighted by molar-refractivity contribution is -0.114. The van der Waals surface area contributed by atoms with E-state index >= 15 is 0 Å². The third kappa shape index (κ3) is 9.53. The van der Waals surface area contributed by atoms with Gasteiger partial charge in [-0.1, -0.05) is 22.0 Å². The largest absolute Gasteiger partial charge is 0.379 e. The van der Waals surface area contributed by atoms with Crippen molar-refractivity contribution in [3.8, 4) is 0 Å². The summed E-state index contributed by atoms with van der Waals surface area (Å²) in [6.07, 6.45) is 1.02. The van der Waals surface area contributed by atoms with Crippen molar-refractivity contribution < 1.29 is 9.53 Å². The van der Waals surface area contributed by atoms with Gasteiger partial charge in [0.2, 0.25) is 5.91 Å². The summed E-state index contributed by atoms with van der Waals surface area (Å²) in [4.78, 5) is 19.0. The van der Waals surface area contributed by atoms with Crippen LogP contribution in [0.15, 0.2) is 27.7 Å². The molecule has 1 fully saturated rings. The van der Waals surface area contributed by atoms with Crippen molar-refractivity contribution in [1.82, 2.24) is 15.5 Å². The Hall–Kier alpha value is -0.910. The Morgan fingerprint density at radius 3 is 2.75 bits per heavy atom. The Morgan fingerprint density at radius 2 is 2.04 bits per heavy atom. The van der Waals surface area contributed by atoms with Gasteiger partial charge < -0.3 is 20.7 Å². The zero-order chi connectivity index (χ0) is 19.5. The number of hydrogen-bond acceptors (Lipinski definition) is 4. The van der Waals surface area contributed by atoms with Crippen LogP contribution in [0.1, 0.15) is 18.9 Å². The topological polar surface area (TPSA) is 78.0 Å². The molecule has 2 rings (SSSR count). The van der Waals surface area contributed by atoms with Crippen LogP contribution in [-0.4, -0.2) is 69.2 Å². The zero-order valence-corrected chi connectivity index (χ0v) is 20.5. The van der Waals surface area contributed by atoms with Gasteiger partial charge in [0, 0.05) is 36.3 Å². The van der Waals surface area contributed by atoms with E-state index in [-0.39, 0.29) is 36.4 Å². The third-order valence-electron chi connectivity index (χ3n) is 4.25. The van der Waals surface area contributed by atoms with Crippen LogP contribution >= 0.6 is 39.9 Å². The van der Waals surface area contributed by atoms with Gasteiger partial charge in [0.25, 0.3) is 0 Å². The molecular weight excluding hydrogens is 537 g/mol. The minimum Gasteiger partial charge on any atom is -0.379 e. The lowest BCUT2D eigenvalue weighted by Crippen LogP contribution is -2.41. The maximum absolute atomic E-state index is 12.2. The second-order valence-electron chi connectivity index (χ2n) is 6.44. The Bertz CT molecular complexity index is 639. The number of rotatable bonds is 8. The first-order valence-corrected chi connectivity index (χ1v) is 10.3. The van der Waals surface area contributed by atoms with Crippen LogP contribution in [0.3, 0.4) is 0 Å². The predicted octanol–water partition coefficient (Wildman–Crippen LogP) is 2.59. The molecule has 1 aliphatic heterocycles. The third-order valence-corrected chi connectivity index (χ3v) is 4.74. The van der Waals surface area contributed by atoms with Gasteiger partial charge in [-0.05, 0) is 44.5 Å². The monoisotopic (exact) mass is 567 g/mol. The standard InChI is InChI=1S/C19H30BrN5O2.HI/c1-3-21-19(22-7-4-8-25-9-11-27-12-10-25)23-14-18(26)24-17-13-16(20)6-5-15(17)2;/h5-6,13H,3-4,7-12,14H2,1-2H3,(H,24,26)(H2,21,22,23);1H. The van der Waals surface area contributed by atoms with E-state index in [1.54, 1.807) is 0 Å². The number of anilines is 1. The highest BCUT2D eigenvalue weighted by Gasteiger charge is 2.09. The summed E-state index contributed by atoms with van der Waals surface area (Å²) in [6.45, 7) is 10.3. The summed E-state index contributed by atoms with van der Waals surface area (Å²) in [7, 11) is 0. The number of aliphatic imine (C=N–C) groups is 1. The van der Waals surface area contributed by atoms with E-state index in [1.165, 1.54) is 0 Å². The average molecular weight is 568 g/mol. The number of hydrogen-bond donors (Lipinski definition) is 3. The Morgan fingerprint density at radius 1 is 1.29 bits per heavy atom. The van der Waals surface area contributed by atoms with Crippen LogP contribution in [-0.2, 0) is 9.53 Å². The van der Waals surface area contributed by atoms with E-state index in [4.69, 9.17) is 4.74 Å². The minimum absolute atomic E-state index is 0. The lowest BCUT2D eigenvalue weighted by Gasteiger charge is -2.26. The molecule has 1 aliphatic rings. The first kappa shape index (κ1) is 25.1. The molecule has 0 aromatic heterocycles. The molecule has 1 aromatic carbocycles. The van der Waals surface area contributed by atoms with Crippen molar-refractivity contribution in [3.63, 3.8) is 0 Å². The Labute approximate surface area is 193 Å². The summed E-state index contributed by atoms with van der Waals surface area (Å²) in [6, 6.07) is 5.81. The molecule has 0 radical (unpaired) electrons. The molecular formula is C19H31BrIN5O2. The average Bonchev–Trinajstić information content (AvgIpc) is 2.67. The molecule has 1 aromatic rings. The van der Waals surface area contributed by atoms with Gasteiger partial charge in [0.1, 0.15) is 6.54 Å². The maximum Gasteiger partial charge on any atom is 0.246 e. The number of benzene rings is 1. The van der Waals surface area contributed by atoms with Gasteiger partial charge in [-0.2, -0.15) is 0 Å². The zero-order valence-electron chi connectivity index (χ0n) is 16.6. The van der Waals surface area contributed by atoms with E-state index in [0.717, 1.165) is 68.1 Å². The van der Waals surface area contributed by atoms with E-state index < -0.39 is 0 Å². The fourth-order valence-electron chi connectivity index (χ4n) is 2.75. The first-order chi connectivity index (χ1) is 13.1. The number of carbonyl (C=O) groups is 1. The normalized spacial score (nSPS) is 14.9. The quantitative estimate of drug-likeness (QED) is 0.195.